The lowest BCUT2D eigenvalue weighted by molar-refractivity contribution is 0.0592. The second-order valence-electron chi connectivity index (χ2n) is 4.19. The molecule has 0 bridgehead atoms. The zero-order chi connectivity index (χ0) is 12.8. The van der Waals surface area contributed by atoms with Gasteiger partial charge in [-0.15, -0.1) is 0 Å². The number of nitrogens with zero attached hydrogens (tertiary/aromatic N) is 2. The summed E-state index contributed by atoms with van der Waals surface area (Å²) < 4.78 is 10.1. The van der Waals surface area contributed by atoms with Crippen LogP contribution in [0.4, 0.5) is 0 Å². The average molecular weight is 251 g/mol. The quantitative estimate of drug-likeness (QED) is 0.797. The number of hydrogen-bond acceptors (Lipinski definition) is 6. The summed E-state index contributed by atoms with van der Waals surface area (Å²) in [6.45, 7) is 1.57. The zero-order valence-electron chi connectivity index (χ0n) is 10.4. The van der Waals surface area contributed by atoms with Gasteiger partial charge in [0.15, 0.2) is 5.69 Å². The molecule has 1 aromatic heterocycles. The highest BCUT2D eigenvalue weighted by Gasteiger charge is 2.14. The molecule has 1 atom stereocenters. The molecule has 1 unspecified atom stereocenters. The van der Waals surface area contributed by atoms with E-state index in [0.717, 1.165) is 13.0 Å². The lowest BCUT2D eigenvalue weighted by atomic mass is 10.1. The topological polar surface area (TPSA) is 73.3 Å². The lowest BCUT2D eigenvalue weighted by Gasteiger charge is -2.23. The van der Waals surface area contributed by atoms with Crippen LogP contribution in [0, 0.1) is 0 Å². The number of carbonyl (C=O) groups is 1. The molecular formula is C12H17N3O3. The third kappa shape index (κ3) is 3.40. The molecule has 2 heterocycles. The van der Waals surface area contributed by atoms with Crippen LogP contribution in [0.25, 0.3) is 0 Å². The predicted octanol–water partition coefficient (Wildman–Crippen LogP) is 0.784. The Morgan fingerprint density at radius 1 is 1.50 bits per heavy atom. The smallest absolute Gasteiger partial charge is 0.358 e. The third-order valence-corrected chi connectivity index (χ3v) is 2.85. The molecule has 1 aliphatic heterocycles. The number of piperidine rings is 1. The molecular weight excluding hydrogens is 234 g/mol. The molecule has 0 aromatic carbocycles. The first kappa shape index (κ1) is 12.8. The average Bonchev–Trinajstić information content (AvgIpc) is 2.45. The standard InChI is InChI=1S/C12H17N3O3/c1-17-12(16)10-6-13-7-11(15-10)18-8-9-4-2-3-5-14-9/h6-7,9,14H,2-5,8H2,1H3. The van der Waals surface area contributed by atoms with Gasteiger partial charge >= 0.3 is 5.97 Å². The predicted molar refractivity (Wildman–Crippen MR) is 64.5 cm³/mol. The first-order chi connectivity index (χ1) is 8.79. The monoisotopic (exact) mass is 251 g/mol. The minimum absolute atomic E-state index is 0.159. The van der Waals surface area contributed by atoms with Gasteiger partial charge in [0.25, 0.3) is 0 Å². The highest BCUT2D eigenvalue weighted by atomic mass is 16.5. The largest absolute Gasteiger partial charge is 0.475 e. The molecule has 1 aliphatic rings. The maximum Gasteiger partial charge on any atom is 0.358 e. The van der Waals surface area contributed by atoms with Gasteiger partial charge in [-0.3, -0.25) is 4.98 Å². The van der Waals surface area contributed by atoms with E-state index in [9.17, 15) is 4.79 Å². The summed E-state index contributed by atoms with van der Waals surface area (Å²) in [7, 11) is 1.31. The summed E-state index contributed by atoms with van der Waals surface area (Å²) >= 11 is 0. The van der Waals surface area contributed by atoms with Gasteiger partial charge in [-0.1, -0.05) is 6.42 Å². The molecule has 98 valence electrons. The van der Waals surface area contributed by atoms with Gasteiger partial charge in [0.1, 0.15) is 6.61 Å². The van der Waals surface area contributed by atoms with Gasteiger partial charge in [-0.25, -0.2) is 9.78 Å². The van der Waals surface area contributed by atoms with Gasteiger partial charge in [-0.2, -0.15) is 0 Å². The van der Waals surface area contributed by atoms with E-state index in [1.54, 1.807) is 0 Å². The third-order valence-electron chi connectivity index (χ3n) is 2.85. The molecule has 1 aromatic rings. The van der Waals surface area contributed by atoms with Crippen molar-refractivity contribution >= 4 is 5.97 Å². The van der Waals surface area contributed by atoms with E-state index < -0.39 is 5.97 Å². The van der Waals surface area contributed by atoms with E-state index in [0.29, 0.717) is 18.5 Å². The summed E-state index contributed by atoms with van der Waals surface area (Å²) in [6, 6.07) is 0.349. The molecule has 0 aliphatic carbocycles. The molecule has 2 rings (SSSR count). The SMILES string of the molecule is COC(=O)c1cncc(OCC2CCCCN2)n1. The number of rotatable bonds is 4. The summed E-state index contributed by atoms with van der Waals surface area (Å²) in [5, 5.41) is 3.37. The van der Waals surface area contributed by atoms with Gasteiger partial charge < -0.3 is 14.8 Å². The van der Waals surface area contributed by atoms with Crippen LogP contribution < -0.4 is 10.1 Å². The number of nitrogens with one attached hydrogen (secondary N) is 1. The van der Waals surface area contributed by atoms with E-state index in [1.807, 2.05) is 0 Å². The Bertz CT molecular complexity index is 405. The van der Waals surface area contributed by atoms with Crippen molar-refractivity contribution in [3.8, 4) is 5.88 Å². The maximum atomic E-state index is 11.3. The van der Waals surface area contributed by atoms with Crippen molar-refractivity contribution in [1.82, 2.24) is 15.3 Å². The number of aromatic nitrogens is 2. The van der Waals surface area contributed by atoms with Gasteiger partial charge in [-0.05, 0) is 19.4 Å². The highest BCUT2D eigenvalue weighted by Crippen LogP contribution is 2.10. The number of carbonyl (C=O) groups excluding carboxylic acids is 1. The zero-order valence-corrected chi connectivity index (χ0v) is 10.4. The minimum atomic E-state index is -0.510. The molecule has 0 radical (unpaired) electrons. The molecule has 1 N–H and O–H groups in total. The Morgan fingerprint density at radius 3 is 3.11 bits per heavy atom. The van der Waals surface area contributed by atoms with Crippen LogP contribution >= 0.6 is 0 Å². The van der Waals surface area contributed by atoms with Crippen molar-refractivity contribution in [3.05, 3.63) is 18.1 Å². The molecule has 0 spiro atoms. The Labute approximate surface area is 106 Å². The van der Waals surface area contributed by atoms with Crippen molar-refractivity contribution in [2.24, 2.45) is 0 Å². The Morgan fingerprint density at radius 2 is 2.39 bits per heavy atom. The van der Waals surface area contributed by atoms with Crippen molar-refractivity contribution in [2.75, 3.05) is 20.3 Å². The van der Waals surface area contributed by atoms with Crippen molar-refractivity contribution in [2.45, 2.75) is 25.3 Å². The molecule has 1 fully saturated rings. The summed E-state index contributed by atoms with van der Waals surface area (Å²) in [5.74, 6) is -0.158. The van der Waals surface area contributed by atoms with Crippen LogP contribution in [0.1, 0.15) is 29.8 Å². The number of hydrogen-bond donors (Lipinski definition) is 1. The molecule has 6 heteroatoms. The van der Waals surface area contributed by atoms with E-state index in [-0.39, 0.29) is 5.69 Å². The first-order valence-corrected chi connectivity index (χ1v) is 6.06. The number of ether oxygens (including phenoxy) is 2. The molecule has 0 amide bonds. The van der Waals surface area contributed by atoms with E-state index in [1.165, 1.54) is 32.3 Å². The van der Waals surface area contributed by atoms with Crippen LogP contribution in [-0.2, 0) is 4.74 Å². The highest BCUT2D eigenvalue weighted by molar-refractivity contribution is 5.86. The lowest BCUT2D eigenvalue weighted by Crippen LogP contribution is -2.38. The number of esters is 1. The Balaban J connectivity index is 1.90. The Hall–Kier alpha value is -1.69. The van der Waals surface area contributed by atoms with Crippen LogP contribution in [0.3, 0.4) is 0 Å². The molecule has 18 heavy (non-hydrogen) atoms. The van der Waals surface area contributed by atoms with E-state index in [2.05, 4.69) is 20.0 Å². The Kier molecular flexibility index (Phi) is 4.46. The minimum Gasteiger partial charge on any atom is -0.475 e. The van der Waals surface area contributed by atoms with Gasteiger partial charge in [0.2, 0.25) is 5.88 Å². The first-order valence-electron chi connectivity index (χ1n) is 6.06. The normalized spacial score (nSPS) is 19.3. The van der Waals surface area contributed by atoms with Gasteiger partial charge in [0, 0.05) is 6.04 Å². The molecule has 6 nitrogen and oxygen atoms in total. The van der Waals surface area contributed by atoms with Crippen LogP contribution in [0.15, 0.2) is 12.4 Å². The second kappa shape index (κ2) is 6.30. The van der Waals surface area contributed by atoms with Crippen LogP contribution in [0.2, 0.25) is 0 Å². The fourth-order valence-electron chi connectivity index (χ4n) is 1.87. The van der Waals surface area contributed by atoms with Gasteiger partial charge in [0.05, 0.1) is 19.5 Å². The molecule has 0 saturated carbocycles. The van der Waals surface area contributed by atoms with Crippen LogP contribution in [0.5, 0.6) is 5.88 Å². The summed E-state index contributed by atoms with van der Waals surface area (Å²) in [6.07, 6.45) is 6.39. The van der Waals surface area contributed by atoms with E-state index in [4.69, 9.17) is 4.74 Å². The second-order valence-corrected chi connectivity index (χ2v) is 4.19. The maximum absolute atomic E-state index is 11.3. The van der Waals surface area contributed by atoms with Crippen molar-refractivity contribution in [3.63, 3.8) is 0 Å². The summed E-state index contributed by atoms with van der Waals surface area (Å²) in [5.41, 5.74) is 0.159. The van der Waals surface area contributed by atoms with Crippen molar-refractivity contribution < 1.29 is 14.3 Å². The van der Waals surface area contributed by atoms with Crippen molar-refractivity contribution in [1.29, 1.82) is 0 Å². The summed E-state index contributed by atoms with van der Waals surface area (Å²) in [4.78, 5) is 19.2. The molecule has 1 saturated heterocycles. The fourth-order valence-corrected chi connectivity index (χ4v) is 1.87. The number of methoxy groups -OCH3 is 1. The fraction of sp³-hybridized carbons (Fsp3) is 0.583. The van der Waals surface area contributed by atoms with E-state index >= 15 is 0 Å². The van der Waals surface area contributed by atoms with Crippen LogP contribution in [-0.4, -0.2) is 42.2 Å².